The predicted octanol–water partition coefficient (Wildman–Crippen LogP) is 6.36. The van der Waals surface area contributed by atoms with E-state index in [0.29, 0.717) is 17.1 Å². The molecule has 1 heterocycles. The number of ketones is 1. The van der Waals surface area contributed by atoms with Crippen molar-refractivity contribution in [2.45, 2.75) is 58.9 Å². The average Bonchev–Trinajstić information content (AvgIpc) is 3.10. The molecule has 5 nitrogen and oxygen atoms in total. The van der Waals surface area contributed by atoms with Gasteiger partial charge in [-0.3, -0.25) is 9.59 Å². The van der Waals surface area contributed by atoms with Crippen LogP contribution < -0.4 is 0 Å². The molecule has 1 N–H and O–H groups in total. The zero-order chi connectivity index (χ0) is 25.4. The molecule has 0 saturated carbocycles. The van der Waals surface area contributed by atoms with Crippen LogP contribution in [0.4, 0.5) is 0 Å². The highest BCUT2D eigenvalue weighted by Gasteiger charge is 2.45. The summed E-state index contributed by atoms with van der Waals surface area (Å²) in [5.41, 5.74) is 2.51. The highest BCUT2D eigenvalue weighted by molar-refractivity contribution is 6.46. The molecule has 0 radical (unpaired) electrons. The Labute approximate surface area is 214 Å². The van der Waals surface area contributed by atoms with Crippen LogP contribution in [0.2, 0.25) is 5.02 Å². The first kappa shape index (κ1) is 27.0. The fourth-order valence-electron chi connectivity index (χ4n) is 4.53. The summed E-state index contributed by atoms with van der Waals surface area (Å²) in [4.78, 5) is 30.4. The number of halogens is 1. The molecule has 0 aromatic heterocycles. The second-order valence-electron chi connectivity index (χ2n) is 9.31. The Morgan fingerprint density at radius 1 is 0.914 bits per heavy atom. The second kappa shape index (κ2) is 12.9. The summed E-state index contributed by atoms with van der Waals surface area (Å²) in [5, 5.41) is 11.7. The van der Waals surface area contributed by atoms with Gasteiger partial charge in [0.1, 0.15) is 5.76 Å². The number of carbonyl (C=O) groups is 2. The average molecular weight is 497 g/mol. The Morgan fingerprint density at radius 2 is 1.49 bits per heavy atom. The standard InChI is InChI=1S/C29H37ClN2O3/c1-4-6-17-31(18-7-5-2)19-8-20-32-26(22-11-9-21(3)10-12-22)25(28(34)29(32)35)27(33)23-13-15-24(30)16-14-23/h9-16,26,33H,4-8,17-20H2,1-3H3. The van der Waals surface area contributed by atoms with Gasteiger partial charge in [0.25, 0.3) is 11.7 Å². The molecule has 1 unspecified atom stereocenters. The Kier molecular flexibility index (Phi) is 9.93. The molecule has 35 heavy (non-hydrogen) atoms. The third-order valence-electron chi connectivity index (χ3n) is 6.58. The number of aliphatic hydroxyl groups is 1. The van der Waals surface area contributed by atoms with Gasteiger partial charge in [-0.05, 0) is 75.6 Å². The zero-order valence-corrected chi connectivity index (χ0v) is 21.9. The van der Waals surface area contributed by atoms with Crippen LogP contribution in [0.25, 0.3) is 5.76 Å². The van der Waals surface area contributed by atoms with Gasteiger partial charge in [-0.15, -0.1) is 0 Å². The van der Waals surface area contributed by atoms with Gasteiger partial charge in [-0.2, -0.15) is 0 Å². The van der Waals surface area contributed by atoms with Gasteiger partial charge in [0.05, 0.1) is 11.6 Å². The van der Waals surface area contributed by atoms with Gasteiger partial charge < -0.3 is 14.9 Å². The normalized spacial score (nSPS) is 17.5. The van der Waals surface area contributed by atoms with Crippen LogP contribution in [0.1, 0.15) is 68.7 Å². The van der Waals surface area contributed by atoms with Gasteiger partial charge in [0.2, 0.25) is 0 Å². The minimum absolute atomic E-state index is 0.134. The lowest BCUT2D eigenvalue weighted by Gasteiger charge is -2.27. The number of rotatable bonds is 12. The summed E-state index contributed by atoms with van der Waals surface area (Å²) in [7, 11) is 0. The van der Waals surface area contributed by atoms with Crippen molar-refractivity contribution in [3.63, 3.8) is 0 Å². The maximum Gasteiger partial charge on any atom is 0.295 e. The topological polar surface area (TPSA) is 60.9 Å². The number of amides is 1. The maximum absolute atomic E-state index is 13.2. The van der Waals surface area contributed by atoms with Gasteiger partial charge in [0.15, 0.2) is 0 Å². The highest BCUT2D eigenvalue weighted by Crippen LogP contribution is 2.39. The molecule has 6 heteroatoms. The van der Waals surface area contributed by atoms with Crippen LogP contribution in [0.5, 0.6) is 0 Å². The van der Waals surface area contributed by atoms with E-state index in [9.17, 15) is 14.7 Å². The van der Waals surface area contributed by atoms with E-state index in [1.807, 2.05) is 31.2 Å². The van der Waals surface area contributed by atoms with E-state index in [2.05, 4.69) is 18.7 Å². The van der Waals surface area contributed by atoms with E-state index in [1.165, 1.54) is 0 Å². The molecule has 1 saturated heterocycles. The Bertz CT molecular complexity index is 1020. The molecule has 0 bridgehead atoms. The lowest BCUT2D eigenvalue weighted by molar-refractivity contribution is -0.140. The second-order valence-corrected chi connectivity index (χ2v) is 9.75. The Balaban J connectivity index is 1.90. The number of unbranched alkanes of at least 4 members (excludes halogenated alkanes) is 2. The molecule has 2 aromatic carbocycles. The Hall–Kier alpha value is -2.63. The van der Waals surface area contributed by atoms with Crippen LogP contribution in [0.15, 0.2) is 54.1 Å². The first-order valence-electron chi connectivity index (χ1n) is 12.7. The van der Waals surface area contributed by atoms with E-state index in [4.69, 9.17) is 11.6 Å². The first-order valence-corrected chi connectivity index (χ1v) is 13.1. The minimum atomic E-state index is -0.642. The molecule has 0 aliphatic carbocycles. The van der Waals surface area contributed by atoms with Crippen molar-refractivity contribution < 1.29 is 14.7 Å². The molecule has 188 valence electrons. The van der Waals surface area contributed by atoms with Crippen LogP contribution in [-0.2, 0) is 9.59 Å². The molecule has 2 aromatic rings. The van der Waals surface area contributed by atoms with Gasteiger partial charge in [-0.25, -0.2) is 0 Å². The largest absolute Gasteiger partial charge is 0.507 e. The lowest BCUT2D eigenvalue weighted by Crippen LogP contribution is -2.34. The fraction of sp³-hybridized carbons (Fsp3) is 0.448. The third-order valence-corrected chi connectivity index (χ3v) is 6.83. The number of aliphatic hydroxyl groups excluding tert-OH is 1. The van der Waals surface area contributed by atoms with Crippen molar-refractivity contribution >= 4 is 29.1 Å². The molecule has 1 aliphatic rings. The monoisotopic (exact) mass is 496 g/mol. The summed E-state index contributed by atoms with van der Waals surface area (Å²) in [6, 6.07) is 13.8. The molecule has 1 aliphatic heterocycles. The van der Waals surface area contributed by atoms with Gasteiger partial charge in [0, 0.05) is 17.1 Å². The Morgan fingerprint density at radius 3 is 2.06 bits per heavy atom. The molecule has 1 atom stereocenters. The first-order chi connectivity index (χ1) is 16.9. The van der Waals surface area contributed by atoms with Gasteiger partial charge in [-0.1, -0.05) is 68.1 Å². The quantitative estimate of drug-likeness (QED) is 0.211. The number of Topliss-reactive ketones (excluding diaryl/α,β-unsaturated/α-hetero) is 1. The summed E-state index contributed by atoms with van der Waals surface area (Å²) in [6.07, 6.45) is 5.37. The molecular weight excluding hydrogens is 460 g/mol. The molecule has 1 fully saturated rings. The van der Waals surface area contributed by atoms with E-state index in [0.717, 1.165) is 62.9 Å². The molecule has 1 amide bonds. The number of aryl methyl sites for hydroxylation is 1. The van der Waals surface area contributed by atoms with E-state index < -0.39 is 17.7 Å². The summed E-state index contributed by atoms with van der Waals surface area (Å²) in [6.45, 7) is 9.81. The predicted molar refractivity (Wildman–Crippen MR) is 143 cm³/mol. The van der Waals surface area contributed by atoms with Crippen LogP contribution in [0, 0.1) is 6.92 Å². The smallest absolute Gasteiger partial charge is 0.295 e. The fourth-order valence-corrected chi connectivity index (χ4v) is 4.66. The van der Waals surface area contributed by atoms with Gasteiger partial charge >= 0.3 is 0 Å². The molecular formula is C29H37ClN2O3. The third kappa shape index (κ3) is 6.74. The van der Waals surface area contributed by atoms with Crippen molar-refractivity contribution in [2.24, 2.45) is 0 Å². The van der Waals surface area contributed by atoms with Crippen molar-refractivity contribution in [3.05, 3.63) is 75.8 Å². The van der Waals surface area contributed by atoms with E-state index in [-0.39, 0.29) is 11.3 Å². The van der Waals surface area contributed by atoms with Crippen molar-refractivity contribution in [2.75, 3.05) is 26.2 Å². The highest BCUT2D eigenvalue weighted by atomic mass is 35.5. The zero-order valence-electron chi connectivity index (χ0n) is 21.1. The number of hydrogen-bond acceptors (Lipinski definition) is 4. The summed E-state index contributed by atoms with van der Waals surface area (Å²) < 4.78 is 0. The minimum Gasteiger partial charge on any atom is -0.507 e. The SMILES string of the molecule is CCCCN(CCCC)CCCN1C(=O)C(=O)C(=C(O)c2ccc(Cl)cc2)C1c1ccc(C)cc1. The lowest BCUT2D eigenvalue weighted by atomic mass is 9.94. The number of hydrogen-bond donors (Lipinski definition) is 1. The van der Waals surface area contributed by atoms with Crippen LogP contribution in [0.3, 0.4) is 0 Å². The summed E-state index contributed by atoms with van der Waals surface area (Å²) >= 11 is 6.01. The van der Waals surface area contributed by atoms with E-state index >= 15 is 0 Å². The number of likely N-dealkylation sites (tertiary alicyclic amines) is 1. The number of nitrogens with zero attached hydrogens (tertiary/aromatic N) is 2. The van der Waals surface area contributed by atoms with Crippen molar-refractivity contribution in [1.29, 1.82) is 0 Å². The van der Waals surface area contributed by atoms with Crippen LogP contribution in [-0.4, -0.2) is 52.8 Å². The van der Waals surface area contributed by atoms with Crippen molar-refractivity contribution in [1.82, 2.24) is 9.80 Å². The summed E-state index contributed by atoms with van der Waals surface area (Å²) in [5.74, 6) is -1.36. The van der Waals surface area contributed by atoms with Crippen LogP contribution >= 0.6 is 11.6 Å². The number of benzene rings is 2. The molecule has 0 spiro atoms. The number of carbonyl (C=O) groups excluding carboxylic acids is 2. The molecule has 3 rings (SSSR count). The van der Waals surface area contributed by atoms with E-state index in [1.54, 1.807) is 29.2 Å². The maximum atomic E-state index is 13.2. The van der Waals surface area contributed by atoms with Crippen molar-refractivity contribution in [3.8, 4) is 0 Å².